The van der Waals surface area contributed by atoms with E-state index in [-0.39, 0.29) is 5.91 Å². The molecule has 2 aromatic carbocycles. The topological polar surface area (TPSA) is 83.6 Å². The van der Waals surface area contributed by atoms with Gasteiger partial charge in [0.25, 0.3) is 5.91 Å². The molecule has 2 heterocycles. The van der Waals surface area contributed by atoms with Crippen molar-refractivity contribution >= 4 is 11.6 Å². The van der Waals surface area contributed by atoms with Gasteiger partial charge in [-0.15, -0.1) is 0 Å². The maximum Gasteiger partial charge on any atom is 0.259 e. The molecule has 1 amide bonds. The Hall–Kier alpha value is -4.24. The van der Waals surface area contributed by atoms with Gasteiger partial charge in [-0.25, -0.2) is 4.68 Å². The molecule has 0 aliphatic heterocycles. The van der Waals surface area contributed by atoms with Crippen LogP contribution in [0.1, 0.15) is 15.9 Å². The Morgan fingerprint density at radius 2 is 1.83 bits per heavy atom. The lowest BCUT2D eigenvalue weighted by atomic mass is 10.1. The molecule has 29 heavy (non-hydrogen) atoms. The number of nitriles is 1. The molecule has 1 N–H and O–H groups in total. The number of hydrogen-bond acceptors (Lipinski definition) is 4. The third kappa shape index (κ3) is 4.04. The molecule has 0 saturated carbocycles. The number of carbonyl (C=O) groups is 1. The van der Waals surface area contributed by atoms with Crippen LogP contribution in [0.15, 0.2) is 85.3 Å². The Morgan fingerprint density at radius 3 is 2.52 bits per heavy atom. The van der Waals surface area contributed by atoms with E-state index in [0.717, 1.165) is 16.8 Å². The number of nitrogens with one attached hydrogen (secondary N) is 1. The summed E-state index contributed by atoms with van der Waals surface area (Å²) in [6.07, 6.45) is 5.42. The smallest absolute Gasteiger partial charge is 0.259 e. The molecule has 0 bridgehead atoms. The van der Waals surface area contributed by atoms with Gasteiger partial charge >= 0.3 is 0 Å². The van der Waals surface area contributed by atoms with Crippen LogP contribution in [0.25, 0.3) is 16.9 Å². The monoisotopic (exact) mass is 379 g/mol. The molecule has 140 valence electrons. The highest BCUT2D eigenvalue weighted by atomic mass is 16.1. The minimum absolute atomic E-state index is 0.265. The molecule has 4 rings (SSSR count). The van der Waals surface area contributed by atoms with Gasteiger partial charge in [0, 0.05) is 29.8 Å². The largest absolute Gasteiger partial charge is 0.322 e. The summed E-state index contributed by atoms with van der Waals surface area (Å²) in [5.41, 5.74) is 4.18. The fraction of sp³-hybridized carbons (Fsp3) is 0.0435. The summed E-state index contributed by atoms with van der Waals surface area (Å²) in [5, 5.41) is 16.3. The van der Waals surface area contributed by atoms with Crippen molar-refractivity contribution in [1.29, 1.82) is 5.26 Å². The molecular formula is C23H17N5O. The average Bonchev–Trinajstić information content (AvgIpc) is 3.22. The highest BCUT2D eigenvalue weighted by Gasteiger charge is 2.19. The summed E-state index contributed by atoms with van der Waals surface area (Å²) in [6, 6.07) is 22.6. The van der Waals surface area contributed by atoms with Crippen molar-refractivity contribution < 1.29 is 4.79 Å². The van der Waals surface area contributed by atoms with E-state index in [2.05, 4.69) is 21.5 Å². The Balaban J connectivity index is 1.68. The molecule has 4 aromatic rings. The summed E-state index contributed by atoms with van der Waals surface area (Å²) in [7, 11) is 0. The van der Waals surface area contributed by atoms with E-state index < -0.39 is 0 Å². The second-order valence-corrected chi connectivity index (χ2v) is 6.40. The number of nitrogens with zero attached hydrogens (tertiary/aromatic N) is 4. The first-order chi connectivity index (χ1) is 14.2. The van der Waals surface area contributed by atoms with E-state index in [1.165, 1.54) is 0 Å². The van der Waals surface area contributed by atoms with Crippen LogP contribution in [0.2, 0.25) is 0 Å². The van der Waals surface area contributed by atoms with E-state index in [4.69, 9.17) is 5.26 Å². The number of pyridine rings is 1. The fourth-order valence-electron chi connectivity index (χ4n) is 2.96. The maximum atomic E-state index is 13.0. The Bertz CT molecular complexity index is 1160. The first-order valence-corrected chi connectivity index (χ1v) is 9.07. The van der Waals surface area contributed by atoms with Crippen LogP contribution in [0.3, 0.4) is 0 Å². The SMILES string of the molecule is N#CCc1ccc(NC(=O)c2cn(-c3ccccc3)nc2-c2cccnc2)cc1. The Kier molecular flexibility index (Phi) is 5.12. The second kappa shape index (κ2) is 8.19. The normalized spacial score (nSPS) is 10.3. The third-order valence-electron chi connectivity index (χ3n) is 4.41. The minimum atomic E-state index is -0.265. The molecule has 0 spiro atoms. The van der Waals surface area contributed by atoms with Crippen LogP contribution in [0, 0.1) is 11.3 Å². The number of anilines is 1. The highest BCUT2D eigenvalue weighted by molar-refractivity contribution is 6.08. The van der Waals surface area contributed by atoms with Crippen LogP contribution < -0.4 is 5.32 Å². The highest BCUT2D eigenvalue weighted by Crippen LogP contribution is 2.24. The van der Waals surface area contributed by atoms with Gasteiger partial charge in [-0.2, -0.15) is 10.4 Å². The van der Waals surface area contributed by atoms with Crippen LogP contribution in [0.4, 0.5) is 5.69 Å². The molecule has 0 saturated heterocycles. The molecule has 0 unspecified atom stereocenters. The molecule has 2 aromatic heterocycles. The molecule has 6 nitrogen and oxygen atoms in total. The van der Waals surface area contributed by atoms with Crippen LogP contribution in [-0.4, -0.2) is 20.7 Å². The zero-order valence-corrected chi connectivity index (χ0v) is 15.5. The number of rotatable bonds is 5. The molecule has 0 aliphatic carbocycles. The van der Waals surface area contributed by atoms with E-state index >= 15 is 0 Å². The van der Waals surface area contributed by atoms with Crippen molar-refractivity contribution in [3.63, 3.8) is 0 Å². The summed E-state index contributed by atoms with van der Waals surface area (Å²) in [6.45, 7) is 0. The first-order valence-electron chi connectivity index (χ1n) is 9.07. The second-order valence-electron chi connectivity index (χ2n) is 6.40. The standard InChI is InChI=1S/C23H17N5O/c24-13-12-17-8-10-19(11-9-17)26-23(29)21-16-28(20-6-2-1-3-7-20)27-22(21)18-5-4-14-25-15-18/h1-11,14-16H,12H2,(H,26,29). The number of carbonyl (C=O) groups excluding carboxylic acids is 1. The number of aromatic nitrogens is 3. The van der Waals surface area contributed by atoms with Crippen molar-refractivity contribution in [2.75, 3.05) is 5.32 Å². The summed E-state index contributed by atoms with van der Waals surface area (Å²) in [4.78, 5) is 17.2. The fourth-order valence-corrected chi connectivity index (χ4v) is 2.96. The molecule has 0 fully saturated rings. The van der Waals surface area contributed by atoms with Crippen LogP contribution in [-0.2, 0) is 6.42 Å². The third-order valence-corrected chi connectivity index (χ3v) is 4.41. The van der Waals surface area contributed by atoms with Crippen molar-refractivity contribution in [3.05, 3.63) is 96.4 Å². The van der Waals surface area contributed by atoms with E-state index in [0.29, 0.717) is 23.4 Å². The van der Waals surface area contributed by atoms with Gasteiger partial charge in [-0.3, -0.25) is 9.78 Å². The summed E-state index contributed by atoms with van der Waals surface area (Å²) in [5.74, 6) is -0.265. The zero-order chi connectivity index (χ0) is 20.1. The van der Waals surface area contributed by atoms with Gasteiger partial charge in [-0.1, -0.05) is 30.3 Å². The summed E-state index contributed by atoms with van der Waals surface area (Å²) < 4.78 is 1.69. The van der Waals surface area contributed by atoms with Gasteiger partial charge in [0.1, 0.15) is 5.69 Å². The number of amides is 1. The quantitative estimate of drug-likeness (QED) is 0.562. The predicted molar refractivity (Wildman–Crippen MR) is 111 cm³/mol. The first kappa shape index (κ1) is 18.1. The molecule has 0 atom stereocenters. The molecule has 6 heteroatoms. The molecule has 0 radical (unpaired) electrons. The molecule has 0 aliphatic rings. The predicted octanol–water partition coefficient (Wildman–Crippen LogP) is 4.25. The van der Waals surface area contributed by atoms with E-state index in [1.54, 1.807) is 35.4 Å². The maximum absolute atomic E-state index is 13.0. The van der Waals surface area contributed by atoms with Gasteiger partial charge in [-0.05, 0) is 42.0 Å². The number of benzene rings is 2. The van der Waals surface area contributed by atoms with Crippen molar-refractivity contribution in [2.24, 2.45) is 0 Å². The summed E-state index contributed by atoms with van der Waals surface area (Å²) >= 11 is 0. The van der Waals surface area contributed by atoms with Gasteiger partial charge in [0.05, 0.1) is 23.7 Å². The average molecular weight is 379 g/mol. The molecular weight excluding hydrogens is 362 g/mol. The zero-order valence-electron chi connectivity index (χ0n) is 15.5. The van der Waals surface area contributed by atoms with Crippen LogP contribution in [0.5, 0.6) is 0 Å². The minimum Gasteiger partial charge on any atom is -0.322 e. The number of para-hydroxylation sites is 1. The van der Waals surface area contributed by atoms with Gasteiger partial charge < -0.3 is 5.32 Å². The lowest BCUT2D eigenvalue weighted by Crippen LogP contribution is -2.12. The van der Waals surface area contributed by atoms with Crippen molar-refractivity contribution in [1.82, 2.24) is 14.8 Å². The number of hydrogen-bond donors (Lipinski definition) is 1. The van der Waals surface area contributed by atoms with Gasteiger partial charge in [0.15, 0.2) is 0 Å². The Morgan fingerprint density at radius 1 is 1.03 bits per heavy atom. The lowest BCUT2D eigenvalue weighted by Gasteiger charge is -2.06. The van der Waals surface area contributed by atoms with Gasteiger partial charge in [0.2, 0.25) is 0 Å². The van der Waals surface area contributed by atoms with Crippen molar-refractivity contribution in [3.8, 4) is 23.0 Å². The van der Waals surface area contributed by atoms with E-state index in [9.17, 15) is 4.79 Å². The van der Waals surface area contributed by atoms with Crippen molar-refractivity contribution in [2.45, 2.75) is 6.42 Å². The van der Waals surface area contributed by atoms with E-state index in [1.807, 2.05) is 54.6 Å². The van der Waals surface area contributed by atoms with Crippen LogP contribution >= 0.6 is 0 Å². The lowest BCUT2D eigenvalue weighted by molar-refractivity contribution is 0.102. The Labute approximate surface area is 168 Å².